The van der Waals surface area contributed by atoms with Crippen LogP contribution >= 0.6 is 23.2 Å². The van der Waals surface area contributed by atoms with Crippen LogP contribution in [0.3, 0.4) is 0 Å². The third-order valence-electron chi connectivity index (χ3n) is 3.74. The highest BCUT2D eigenvalue weighted by molar-refractivity contribution is 6.42. The van der Waals surface area contributed by atoms with Crippen LogP contribution < -0.4 is 5.32 Å². The predicted molar refractivity (Wildman–Crippen MR) is 88.5 cm³/mol. The fourth-order valence-electron chi connectivity index (χ4n) is 2.47. The van der Waals surface area contributed by atoms with Gasteiger partial charge in [-0.1, -0.05) is 23.2 Å². The third-order valence-corrected chi connectivity index (χ3v) is 4.48. The molecule has 5 nitrogen and oxygen atoms in total. The fourth-order valence-corrected chi connectivity index (χ4v) is 2.77. The first-order valence-electron chi connectivity index (χ1n) is 7.10. The topological polar surface area (TPSA) is 52.7 Å². The van der Waals surface area contributed by atoms with Gasteiger partial charge in [-0.15, -0.1) is 0 Å². The van der Waals surface area contributed by atoms with Crippen molar-refractivity contribution in [2.45, 2.75) is 12.8 Å². The number of benzene rings is 1. The first-order valence-corrected chi connectivity index (χ1v) is 7.86. The summed E-state index contributed by atoms with van der Waals surface area (Å²) in [7, 11) is 3.51. The molecule has 1 saturated heterocycles. The lowest BCUT2D eigenvalue weighted by molar-refractivity contribution is -0.134. The van der Waals surface area contributed by atoms with E-state index >= 15 is 0 Å². The molecule has 2 rings (SSSR count). The van der Waals surface area contributed by atoms with Crippen molar-refractivity contribution in [1.29, 1.82) is 0 Å². The number of likely N-dealkylation sites (tertiary alicyclic amines) is 1. The van der Waals surface area contributed by atoms with Gasteiger partial charge in [0.1, 0.15) is 0 Å². The summed E-state index contributed by atoms with van der Waals surface area (Å²) < 4.78 is 0. The lowest BCUT2D eigenvalue weighted by Crippen LogP contribution is -2.44. The van der Waals surface area contributed by atoms with Gasteiger partial charge in [0.15, 0.2) is 0 Å². The van der Waals surface area contributed by atoms with E-state index in [1.54, 1.807) is 42.1 Å². The van der Waals surface area contributed by atoms with Crippen molar-refractivity contribution in [3.63, 3.8) is 0 Å². The zero-order valence-electron chi connectivity index (χ0n) is 12.6. The van der Waals surface area contributed by atoms with Crippen LogP contribution in [0.4, 0.5) is 10.5 Å². The molecular formula is C15H19Cl2N3O2. The SMILES string of the molecule is CN(C)C(=O)C1CCN(C(=O)Nc2ccc(Cl)c(Cl)c2)CC1. The van der Waals surface area contributed by atoms with Gasteiger partial charge in [-0.25, -0.2) is 4.79 Å². The Bertz CT molecular complexity index is 570. The Kier molecular flexibility index (Phi) is 5.53. The molecule has 0 aliphatic carbocycles. The normalized spacial score (nSPS) is 15.5. The maximum absolute atomic E-state index is 12.2. The summed E-state index contributed by atoms with van der Waals surface area (Å²) in [4.78, 5) is 27.4. The smallest absolute Gasteiger partial charge is 0.321 e. The van der Waals surface area contributed by atoms with Crippen LogP contribution in [0.25, 0.3) is 0 Å². The molecule has 1 aromatic carbocycles. The van der Waals surface area contributed by atoms with Gasteiger partial charge in [0.05, 0.1) is 10.0 Å². The molecule has 0 spiro atoms. The maximum atomic E-state index is 12.2. The summed E-state index contributed by atoms with van der Waals surface area (Å²) >= 11 is 11.8. The first-order chi connectivity index (χ1) is 10.4. The number of amides is 3. The average molecular weight is 344 g/mol. The molecule has 0 unspecified atom stereocenters. The van der Waals surface area contributed by atoms with E-state index < -0.39 is 0 Å². The van der Waals surface area contributed by atoms with Crippen LogP contribution in [0, 0.1) is 5.92 Å². The van der Waals surface area contributed by atoms with E-state index in [0.29, 0.717) is 41.7 Å². The van der Waals surface area contributed by atoms with Gasteiger partial charge in [0, 0.05) is 38.8 Å². The molecule has 7 heteroatoms. The van der Waals surface area contributed by atoms with Crippen molar-refractivity contribution in [2.24, 2.45) is 5.92 Å². The Hall–Kier alpha value is -1.46. The molecule has 1 aromatic rings. The molecule has 0 radical (unpaired) electrons. The van der Waals surface area contributed by atoms with Gasteiger partial charge in [0.2, 0.25) is 5.91 Å². The number of urea groups is 1. The average Bonchev–Trinajstić information content (AvgIpc) is 2.50. The number of hydrogen-bond donors (Lipinski definition) is 1. The molecule has 120 valence electrons. The number of anilines is 1. The summed E-state index contributed by atoms with van der Waals surface area (Å²) in [5.74, 6) is 0.133. The first kappa shape index (κ1) is 16.9. The minimum absolute atomic E-state index is 0.00373. The Morgan fingerprint density at radius 2 is 1.82 bits per heavy atom. The van der Waals surface area contributed by atoms with Gasteiger partial charge in [-0.3, -0.25) is 4.79 Å². The molecule has 0 saturated carbocycles. The molecule has 0 aromatic heterocycles. The second-order valence-corrected chi connectivity index (χ2v) is 6.37. The molecule has 1 fully saturated rings. The van der Waals surface area contributed by atoms with Gasteiger partial charge in [-0.2, -0.15) is 0 Å². The quantitative estimate of drug-likeness (QED) is 0.895. The van der Waals surface area contributed by atoms with E-state index in [0.717, 1.165) is 0 Å². The van der Waals surface area contributed by atoms with Crippen LogP contribution in [-0.2, 0) is 4.79 Å². The lowest BCUT2D eigenvalue weighted by atomic mass is 9.96. The number of carbonyl (C=O) groups is 2. The number of carbonyl (C=O) groups excluding carboxylic acids is 2. The summed E-state index contributed by atoms with van der Waals surface area (Å²) in [5.41, 5.74) is 0.603. The van der Waals surface area contributed by atoms with Crippen molar-refractivity contribution in [2.75, 3.05) is 32.5 Å². The predicted octanol–water partition coefficient (Wildman–Crippen LogP) is 3.33. The number of piperidine rings is 1. The van der Waals surface area contributed by atoms with E-state index in [4.69, 9.17) is 23.2 Å². The zero-order chi connectivity index (χ0) is 16.3. The number of hydrogen-bond acceptors (Lipinski definition) is 2. The van der Waals surface area contributed by atoms with Crippen molar-refractivity contribution in [3.05, 3.63) is 28.2 Å². The molecule has 22 heavy (non-hydrogen) atoms. The van der Waals surface area contributed by atoms with Crippen LogP contribution in [0.15, 0.2) is 18.2 Å². The van der Waals surface area contributed by atoms with E-state index in [2.05, 4.69) is 5.32 Å². The molecule has 1 heterocycles. The van der Waals surface area contributed by atoms with Crippen LogP contribution in [-0.4, -0.2) is 48.9 Å². The largest absolute Gasteiger partial charge is 0.349 e. The molecule has 3 amide bonds. The standard InChI is InChI=1S/C15H19Cl2N3O2/c1-19(2)14(21)10-5-7-20(8-6-10)15(22)18-11-3-4-12(16)13(17)9-11/h3-4,9-10H,5-8H2,1-2H3,(H,18,22). The van der Waals surface area contributed by atoms with Crippen molar-refractivity contribution in [1.82, 2.24) is 9.80 Å². The summed E-state index contributed by atoms with van der Waals surface area (Å²) in [6, 6.07) is 4.77. The molecule has 1 aliphatic heterocycles. The molecule has 0 bridgehead atoms. The highest BCUT2D eigenvalue weighted by Gasteiger charge is 2.28. The van der Waals surface area contributed by atoms with Crippen molar-refractivity contribution in [3.8, 4) is 0 Å². The Morgan fingerprint density at radius 3 is 2.36 bits per heavy atom. The second-order valence-electron chi connectivity index (χ2n) is 5.55. The summed E-state index contributed by atoms with van der Waals surface area (Å²) in [5, 5.41) is 3.64. The van der Waals surface area contributed by atoms with Crippen molar-refractivity contribution < 1.29 is 9.59 Å². The van der Waals surface area contributed by atoms with E-state index in [9.17, 15) is 9.59 Å². The van der Waals surface area contributed by atoms with Crippen LogP contribution in [0.1, 0.15) is 12.8 Å². The van der Waals surface area contributed by atoms with Gasteiger partial charge >= 0.3 is 6.03 Å². The minimum atomic E-state index is -0.186. The molecule has 1 N–H and O–H groups in total. The fraction of sp³-hybridized carbons (Fsp3) is 0.467. The molecule has 1 aliphatic rings. The number of halogens is 2. The highest BCUT2D eigenvalue weighted by Crippen LogP contribution is 2.25. The maximum Gasteiger partial charge on any atom is 0.321 e. The zero-order valence-corrected chi connectivity index (χ0v) is 14.1. The minimum Gasteiger partial charge on any atom is -0.349 e. The van der Waals surface area contributed by atoms with Gasteiger partial charge in [-0.05, 0) is 31.0 Å². The van der Waals surface area contributed by atoms with Crippen LogP contribution in [0.5, 0.6) is 0 Å². The molecular weight excluding hydrogens is 325 g/mol. The van der Waals surface area contributed by atoms with E-state index in [1.807, 2.05) is 0 Å². The number of nitrogens with zero attached hydrogens (tertiary/aromatic N) is 2. The number of rotatable bonds is 2. The highest BCUT2D eigenvalue weighted by atomic mass is 35.5. The van der Waals surface area contributed by atoms with E-state index in [-0.39, 0.29) is 17.9 Å². The monoisotopic (exact) mass is 343 g/mol. The van der Waals surface area contributed by atoms with Gasteiger partial charge < -0.3 is 15.1 Å². The van der Waals surface area contributed by atoms with Crippen molar-refractivity contribution >= 4 is 40.8 Å². The Balaban J connectivity index is 1.89. The lowest BCUT2D eigenvalue weighted by Gasteiger charge is -2.32. The third kappa shape index (κ3) is 4.05. The Labute approximate surface area is 140 Å². The molecule has 0 atom stereocenters. The number of nitrogens with one attached hydrogen (secondary N) is 1. The van der Waals surface area contributed by atoms with Crippen LogP contribution in [0.2, 0.25) is 10.0 Å². The van der Waals surface area contributed by atoms with Gasteiger partial charge in [0.25, 0.3) is 0 Å². The van der Waals surface area contributed by atoms with E-state index in [1.165, 1.54) is 0 Å². The second kappa shape index (κ2) is 7.20. The summed E-state index contributed by atoms with van der Waals surface area (Å²) in [6.45, 7) is 1.13. The summed E-state index contributed by atoms with van der Waals surface area (Å²) in [6.07, 6.45) is 1.37. The Morgan fingerprint density at radius 1 is 1.18 bits per heavy atom.